The quantitative estimate of drug-likeness (QED) is 0.573. The van der Waals surface area contributed by atoms with Crippen LogP contribution in [0, 0.1) is 0 Å². The minimum atomic E-state index is 0.163. The molecule has 0 aliphatic carbocycles. The third-order valence-corrected chi connectivity index (χ3v) is 5.60. The molecule has 0 spiro atoms. The Balaban J connectivity index is 1.67. The van der Waals surface area contributed by atoms with Crippen LogP contribution in [0.15, 0.2) is 66.7 Å². The van der Waals surface area contributed by atoms with Crippen LogP contribution in [0.1, 0.15) is 33.0 Å². The second-order valence-electron chi connectivity index (χ2n) is 8.78. The molecule has 0 bridgehead atoms. The second kappa shape index (κ2) is 8.90. The van der Waals surface area contributed by atoms with Crippen molar-refractivity contribution < 1.29 is 4.74 Å². The van der Waals surface area contributed by atoms with Gasteiger partial charge in [0.25, 0.3) is 0 Å². The summed E-state index contributed by atoms with van der Waals surface area (Å²) in [6.07, 6.45) is 3.22. The molecular formula is C26H30N4O. The van der Waals surface area contributed by atoms with Crippen LogP contribution < -0.4 is 10.1 Å². The zero-order valence-electron chi connectivity index (χ0n) is 18.7. The Hall–Kier alpha value is -3.18. The summed E-state index contributed by atoms with van der Waals surface area (Å²) in [5, 5.41) is 3.43. The van der Waals surface area contributed by atoms with Gasteiger partial charge in [0, 0.05) is 35.9 Å². The van der Waals surface area contributed by atoms with Crippen LogP contribution in [-0.4, -0.2) is 40.6 Å². The highest BCUT2D eigenvalue weighted by Crippen LogP contribution is 2.29. The van der Waals surface area contributed by atoms with Crippen molar-refractivity contribution in [1.29, 1.82) is 0 Å². The van der Waals surface area contributed by atoms with Crippen LogP contribution in [0.5, 0.6) is 5.75 Å². The molecular weight excluding hydrogens is 384 g/mol. The van der Waals surface area contributed by atoms with Gasteiger partial charge in [-0.25, -0.2) is 9.97 Å². The fourth-order valence-corrected chi connectivity index (χ4v) is 3.72. The maximum Gasteiger partial charge on any atom is 0.157 e. The molecule has 5 heteroatoms. The molecule has 1 aliphatic rings. The van der Waals surface area contributed by atoms with E-state index in [-0.39, 0.29) is 5.54 Å². The number of methoxy groups -OCH3 is 1. The first-order chi connectivity index (χ1) is 14.9. The molecule has 1 aliphatic heterocycles. The lowest BCUT2D eigenvalue weighted by molar-refractivity contribution is 0.153. The number of nitrogens with one attached hydrogen (secondary N) is 1. The average Bonchev–Trinajstić information content (AvgIpc) is 2.79. The summed E-state index contributed by atoms with van der Waals surface area (Å²) in [6.45, 7) is 8.70. The monoisotopic (exact) mass is 414 g/mol. The van der Waals surface area contributed by atoms with Crippen LogP contribution >= 0.6 is 0 Å². The van der Waals surface area contributed by atoms with E-state index < -0.39 is 0 Å². The minimum absolute atomic E-state index is 0.163. The highest BCUT2D eigenvalue weighted by atomic mass is 16.5. The second-order valence-corrected chi connectivity index (χ2v) is 8.78. The maximum atomic E-state index is 5.26. The van der Waals surface area contributed by atoms with Crippen molar-refractivity contribution >= 4 is 17.1 Å². The summed E-state index contributed by atoms with van der Waals surface area (Å²) in [5.74, 6) is 2.41. The van der Waals surface area contributed by atoms with E-state index in [0.717, 1.165) is 53.8 Å². The highest BCUT2D eigenvalue weighted by molar-refractivity contribution is 5.70. The number of rotatable bonds is 5. The topological polar surface area (TPSA) is 50.3 Å². The lowest BCUT2D eigenvalue weighted by Gasteiger charge is -2.37. The normalized spacial score (nSPS) is 14.8. The molecule has 5 nitrogen and oxygen atoms in total. The average molecular weight is 415 g/mol. The number of nitrogens with zero attached hydrogens (tertiary/aromatic N) is 3. The van der Waals surface area contributed by atoms with Crippen molar-refractivity contribution in [2.24, 2.45) is 0 Å². The van der Waals surface area contributed by atoms with Crippen LogP contribution in [-0.2, 0) is 0 Å². The van der Waals surface area contributed by atoms with Crippen molar-refractivity contribution in [3.8, 4) is 17.0 Å². The predicted molar refractivity (Wildman–Crippen MR) is 128 cm³/mol. The van der Waals surface area contributed by atoms with Gasteiger partial charge in [0.2, 0.25) is 0 Å². The lowest BCUT2D eigenvalue weighted by Crippen LogP contribution is -2.43. The molecule has 0 saturated heterocycles. The number of hydrogen-bond donors (Lipinski definition) is 1. The summed E-state index contributed by atoms with van der Waals surface area (Å²) < 4.78 is 5.26. The molecule has 0 radical (unpaired) electrons. The molecule has 0 fully saturated rings. The Morgan fingerprint density at radius 1 is 0.968 bits per heavy atom. The molecule has 1 aromatic heterocycles. The zero-order valence-corrected chi connectivity index (χ0v) is 18.7. The summed E-state index contributed by atoms with van der Waals surface area (Å²) in [6, 6.07) is 20.1. The summed E-state index contributed by atoms with van der Waals surface area (Å²) in [4.78, 5) is 12.3. The van der Waals surface area contributed by atoms with Crippen molar-refractivity contribution in [3.63, 3.8) is 0 Å². The van der Waals surface area contributed by atoms with Gasteiger partial charge in [-0.15, -0.1) is 0 Å². The highest BCUT2D eigenvalue weighted by Gasteiger charge is 2.24. The first kappa shape index (κ1) is 21.1. The van der Waals surface area contributed by atoms with Gasteiger partial charge in [-0.1, -0.05) is 36.4 Å². The van der Waals surface area contributed by atoms with Gasteiger partial charge in [-0.2, -0.15) is 0 Å². The molecule has 1 N–H and O–H groups in total. The van der Waals surface area contributed by atoms with Crippen molar-refractivity contribution in [3.05, 3.63) is 72.6 Å². The number of benzene rings is 2. The smallest absolute Gasteiger partial charge is 0.157 e. The van der Waals surface area contributed by atoms with E-state index in [1.807, 2.05) is 48.5 Å². The fraction of sp³-hybridized carbons (Fsp3) is 0.308. The minimum Gasteiger partial charge on any atom is -0.497 e. The Morgan fingerprint density at radius 2 is 1.71 bits per heavy atom. The third kappa shape index (κ3) is 5.12. The van der Waals surface area contributed by atoms with Gasteiger partial charge >= 0.3 is 0 Å². The van der Waals surface area contributed by atoms with Crippen LogP contribution in [0.2, 0.25) is 0 Å². The third-order valence-electron chi connectivity index (χ3n) is 5.60. The fourth-order valence-electron chi connectivity index (χ4n) is 3.72. The first-order valence-corrected chi connectivity index (χ1v) is 10.7. The van der Waals surface area contributed by atoms with Crippen LogP contribution in [0.3, 0.4) is 0 Å². The van der Waals surface area contributed by atoms with Gasteiger partial charge in [0.15, 0.2) is 5.82 Å². The standard InChI is InChI=1S/C26H30N4O/c1-26(2,3)30-16-14-20(15-17-30)25-28-23(19-8-6-5-7-9-19)18-24(29-25)27-21-10-12-22(31-4)13-11-21/h5-14,18H,15-17H2,1-4H3,(H,27,28,29). The lowest BCUT2D eigenvalue weighted by atomic mass is 10.00. The Kier molecular flexibility index (Phi) is 6.05. The van der Waals surface area contributed by atoms with E-state index in [2.05, 4.69) is 49.2 Å². The number of aromatic nitrogens is 2. The van der Waals surface area contributed by atoms with E-state index in [4.69, 9.17) is 14.7 Å². The van der Waals surface area contributed by atoms with Gasteiger partial charge in [-0.05, 0) is 57.0 Å². The van der Waals surface area contributed by atoms with Gasteiger partial charge < -0.3 is 10.1 Å². The predicted octanol–water partition coefficient (Wildman–Crippen LogP) is 5.78. The van der Waals surface area contributed by atoms with Gasteiger partial charge in [-0.3, -0.25) is 4.90 Å². The maximum absolute atomic E-state index is 5.26. The molecule has 31 heavy (non-hydrogen) atoms. The molecule has 0 saturated carbocycles. The molecule has 160 valence electrons. The SMILES string of the molecule is COc1ccc(Nc2cc(-c3ccccc3)nc(C3=CCN(C(C)(C)C)CC3)n2)cc1. The number of ether oxygens (including phenoxy) is 1. The van der Waals surface area contributed by atoms with Gasteiger partial charge in [0.1, 0.15) is 11.6 Å². The van der Waals surface area contributed by atoms with Crippen LogP contribution in [0.4, 0.5) is 11.5 Å². The molecule has 2 heterocycles. The first-order valence-electron chi connectivity index (χ1n) is 10.7. The van der Waals surface area contributed by atoms with E-state index in [1.54, 1.807) is 7.11 Å². The summed E-state index contributed by atoms with van der Waals surface area (Å²) in [7, 11) is 1.67. The van der Waals surface area contributed by atoms with E-state index >= 15 is 0 Å². The molecule has 0 amide bonds. The van der Waals surface area contributed by atoms with Crippen LogP contribution in [0.25, 0.3) is 16.8 Å². The molecule has 0 atom stereocenters. The van der Waals surface area contributed by atoms with Crippen molar-refractivity contribution in [2.75, 3.05) is 25.5 Å². The molecule has 2 aromatic carbocycles. The number of hydrogen-bond acceptors (Lipinski definition) is 5. The Labute approximate surface area is 184 Å². The molecule has 0 unspecified atom stereocenters. The van der Waals surface area contributed by atoms with E-state index in [0.29, 0.717) is 0 Å². The Bertz CT molecular complexity index is 1050. The van der Waals surface area contributed by atoms with E-state index in [1.165, 1.54) is 5.57 Å². The summed E-state index contributed by atoms with van der Waals surface area (Å²) >= 11 is 0. The largest absolute Gasteiger partial charge is 0.497 e. The zero-order chi connectivity index (χ0) is 21.8. The van der Waals surface area contributed by atoms with Crippen molar-refractivity contribution in [2.45, 2.75) is 32.7 Å². The molecule has 3 aromatic rings. The number of anilines is 2. The molecule has 4 rings (SSSR count). The van der Waals surface area contributed by atoms with E-state index in [9.17, 15) is 0 Å². The summed E-state index contributed by atoms with van der Waals surface area (Å²) in [5.41, 5.74) is 4.32. The van der Waals surface area contributed by atoms with Gasteiger partial charge in [0.05, 0.1) is 12.8 Å². The Morgan fingerprint density at radius 3 is 2.32 bits per heavy atom. The van der Waals surface area contributed by atoms with Crippen molar-refractivity contribution in [1.82, 2.24) is 14.9 Å².